The molecule has 196 valence electrons. The topological polar surface area (TPSA) is 134 Å². The first-order valence-corrected chi connectivity index (χ1v) is 10.8. The Bertz CT molecular complexity index is 1260. The van der Waals surface area contributed by atoms with Gasteiger partial charge >= 0.3 is 18.1 Å². The van der Waals surface area contributed by atoms with Crippen molar-refractivity contribution in [2.24, 2.45) is 0 Å². The molecule has 0 fully saturated rings. The van der Waals surface area contributed by atoms with Gasteiger partial charge in [0.2, 0.25) is 0 Å². The number of esters is 1. The van der Waals surface area contributed by atoms with Crippen LogP contribution in [0.2, 0.25) is 0 Å². The maximum Gasteiger partial charge on any atom is 0.419 e. The van der Waals surface area contributed by atoms with E-state index in [1.165, 1.54) is 0 Å². The molecule has 0 saturated carbocycles. The van der Waals surface area contributed by atoms with Crippen molar-refractivity contribution < 1.29 is 52.7 Å². The summed E-state index contributed by atoms with van der Waals surface area (Å²) in [7, 11) is 1.16. The number of ether oxygens (including phenoxy) is 2. The first-order chi connectivity index (χ1) is 17.5. The normalized spacial score (nSPS) is 11.7. The fraction of sp³-hybridized carbons (Fsp3) is 0.231. The Morgan fingerprint density at radius 1 is 0.865 bits per heavy atom. The standard InChI is InChI=1S/C26H23F3O8/c1-36-24(35)25(13-30,14-31)18-7-2-15(3-8-18)16-4-9-19(10-5-16)37-12-17-6-11-20(26(27,28)29)22(32)21(17)23(33)34/h2-11,30-32H,12-14H2,1H3,(H,33,34). The quantitative estimate of drug-likeness (QED) is 0.314. The van der Waals surface area contributed by atoms with Gasteiger partial charge in [-0.15, -0.1) is 0 Å². The number of carbonyl (C=O) groups is 2. The number of benzene rings is 3. The Kier molecular flexibility index (Phi) is 8.09. The summed E-state index contributed by atoms with van der Waals surface area (Å²) >= 11 is 0. The van der Waals surface area contributed by atoms with E-state index in [1.54, 1.807) is 48.5 Å². The molecular weight excluding hydrogens is 497 g/mol. The third-order valence-electron chi connectivity index (χ3n) is 5.92. The third-order valence-corrected chi connectivity index (χ3v) is 5.92. The van der Waals surface area contributed by atoms with Crippen LogP contribution in [0.15, 0.2) is 60.7 Å². The van der Waals surface area contributed by atoms with E-state index in [0.29, 0.717) is 17.4 Å². The highest BCUT2D eigenvalue weighted by Gasteiger charge is 2.40. The first kappa shape index (κ1) is 27.5. The lowest BCUT2D eigenvalue weighted by atomic mass is 9.81. The van der Waals surface area contributed by atoms with Crippen molar-refractivity contribution in [1.82, 2.24) is 0 Å². The van der Waals surface area contributed by atoms with E-state index in [1.807, 2.05) is 0 Å². The molecule has 11 heteroatoms. The van der Waals surface area contributed by atoms with Crippen LogP contribution in [0.1, 0.15) is 27.0 Å². The van der Waals surface area contributed by atoms with Crippen LogP contribution >= 0.6 is 0 Å². The van der Waals surface area contributed by atoms with Crippen LogP contribution in [0.5, 0.6) is 11.5 Å². The van der Waals surface area contributed by atoms with E-state index in [9.17, 15) is 43.2 Å². The summed E-state index contributed by atoms with van der Waals surface area (Å²) in [4.78, 5) is 23.6. The molecule has 0 aliphatic carbocycles. The van der Waals surface area contributed by atoms with Crippen molar-refractivity contribution in [3.63, 3.8) is 0 Å². The molecule has 4 N–H and O–H groups in total. The Balaban J connectivity index is 1.78. The smallest absolute Gasteiger partial charge is 0.419 e. The van der Waals surface area contributed by atoms with Gasteiger partial charge in [0.15, 0.2) is 0 Å². The van der Waals surface area contributed by atoms with Crippen LogP contribution in [0.3, 0.4) is 0 Å². The summed E-state index contributed by atoms with van der Waals surface area (Å²) in [6.07, 6.45) is -4.92. The number of carboxylic acids is 1. The Hall–Kier alpha value is -4.09. The Morgan fingerprint density at radius 3 is 1.86 bits per heavy atom. The Labute approximate surface area is 209 Å². The highest BCUT2D eigenvalue weighted by atomic mass is 19.4. The maximum atomic E-state index is 13.0. The van der Waals surface area contributed by atoms with Gasteiger partial charge < -0.3 is 29.9 Å². The van der Waals surface area contributed by atoms with Gasteiger partial charge in [0.1, 0.15) is 29.1 Å². The lowest BCUT2D eigenvalue weighted by molar-refractivity contribution is -0.151. The highest BCUT2D eigenvalue weighted by molar-refractivity contribution is 5.93. The Morgan fingerprint density at radius 2 is 1.41 bits per heavy atom. The third kappa shape index (κ3) is 5.52. The first-order valence-electron chi connectivity index (χ1n) is 10.8. The predicted molar refractivity (Wildman–Crippen MR) is 124 cm³/mol. The van der Waals surface area contributed by atoms with E-state index in [-0.39, 0.29) is 5.56 Å². The molecule has 8 nitrogen and oxygen atoms in total. The van der Waals surface area contributed by atoms with E-state index in [0.717, 1.165) is 24.3 Å². The molecule has 0 bridgehead atoms. The zero-order valence-electron chi connectivity index (χ0n) is 19.5. The average molecular weight is 520 g/mol. The summed E-state index contributed by atoms with van der Waals surface area (Å²) in [5.74, 6) is -3.58. The summed E-state index contributed by atoms with van der Waals surface area (Å²) < 4.78 is 49.2. The van der Waals surface area contributed by atoms with E-state index in [4.69, 9.17) is 9.47 Å². The van der Waals surface area contributed by atoms with Gasteiger partial charge in [-0.2, -0.15) is 13.2 Å². The monoisotopic (exact) mass is 520 g/mol. The molecule has 0 spiro atoms. The van der Waals surface area contributed by atoms with Gasteiger partial charge in [-0.1, -0.05) is 42.5 Å². The summed E-state index contributed by atoms with van der Waals surface area (Å²) in [6.45, 7) is -1.71. The van der Waals surface area contributed by atoms with Crippen molar-refractivity contribution in [1.29, 1.82) is 0 Å². The van der Waals surface area contributed by atoms with Crippen molar-refractivity contribution in [3.05, 3.63) is 82.9 Å². The largest absolute Gasteiger partial charge is 0.506 e. The average Bonchev–Trinajstić information content (AvgIpc) is 2.88. The van der Waals surface area contributed by atoms with Crippen molar-refractivity contribution in [2.45, 2.75) is 18.2 Å². The van der Waals surface area contributed by atoms with Gasteiger partial charge in [-0.3, -0.25) is 4.79 Å². The highest BCUT2D eigenvalue weighted by Crippen LogP contribution is 2.39. The van der Waals surface area contributed by atoms with Gasteiger partial charge in [-0.25, -0.2) is 4.79 Å². The molecule has 3 aromatic rings. The van der Waals surface area contributed by atoms with Gasteiger partial charge in [0.05, 0.1) is 25.9 Å². The van der Waals surface area contributed by atoms with Crippen molar-refractivity contribution in [2.75, 3.05) is 20.3 Å². The number of rotatable bonds is 9. The molecule has 0 heterocycles. The second-order valence-corrected chi connectivity index (χ2v) is 8.08. The summed E-state index contributed by atoms with van der Waals surface area (Å²) in [5.41, 5.74) is -2.26. The van der Waals surface area contributed by atoms with Crippen molar-refractivity contribution in [3.8, 4) is 22.6 Å². The second-order valence-electron chi connectivity index (χ2n) is 8.08. The van der Waals surface area contributed by atoms with Crippen LogP contribution < -0.4 is 4.74 Å². The number of aliphatic hydroxyl groups is 2. The van der Waals surface area contributed by atoms with Crippen LogP contribution in [0, 0.1) is 0 Å². The molecule has 0 amide bonds. The fourth-order valence-corrected chi connectivity index (χ4v) is 3.78. The van der Waals surface area contributed by atoms with Crippen LogP contribution in [0.4, 0.5) is 13.2 Å². The number of aromatic hydroxyl groups is 1. The van der Waals surface area contributed by atoms with Gasteiger partial charge in [0.25, 0.3) is 0 Å². The lowest BCUT2D eigenvalue weighted by Crippen LogP contribution is -2.44. The number of carbonyl (C=O) groups excluding carboxylic acids is 1. The molecule has 0 saturated heterocycles. The molecule has 0 unspecified atom stereocenters. The molecule has 37 heavy (non-hydrogen) atoms. The number of aromatic carboxylic acids is 1. The number of alkyl halides is 3. The molecule has 0 radical (unpaired) electrons. The lowest BCUT2D eigenvalue weighted by Gasteiger charge is -2.27. The number of methoxy groups -OCH3 is 1. The zero-order valence-corrected chi connectivity index (χ0v) is 19.5. The van der Waals surface area contributed by atoms with Crippen molar-refractivity contribution >= 4 is 11.9 Å². The minimum atomic E-state index is -4.92. The predicted octanol–water partition coefficient (Wildman–Crippen LogP) is 3.75. The van der Waals surface area contributed by atoms with Crippen LogP contribution in [-0.4, -0.2) is 52.7 Å². The second kappa shape index (κ2) is 10.9. The molecule has 0 aliphatic rings. The molecule has 0 aromatic heterocycles. The summed E-state index contributed by atoms with van der Waals surface area (Å²) in [6, 6.07) is 14.5. The van der Waals surface area contributed by atoms with Gasteiger partial charge in [0, 0.05) is 5.56 Å². The number of aliphatic hydroxyl groups excluding tert-OH is 2. The number of halogens is 3. The minimum absolute atomic E-state index is 0.139. The van der Waals surface area contributed by atoms with Crippen LogP contribution in [0.25, 0.3) is 11.1 Å². The number of carboxylic acid groups (broad SMARTS) is 1. The SMILES string of the molecule is COC(=O)C(CO)(CO)c1ccc(-c2ccc(OCc3ccc(C(F)(F)F)c(O)c3C(=O)O)cc2)cc1. The number of hydrogen-bond acceptors (Lipinski definition) is 7. The molecule has 3 aromatic carbocycles. The molecule has 0 aliphatic heterocycles. The van der Waals surface area contributed by atoms with E-state index in [2.05, 4.69) is 0 Å². The van der Waals surface area contributed by atoms with Gasteiger partial charge in [-0.05, 0) is 34.9 Å². The molecule has 3 rings (SSSR count). The minimum Gasteiger partial charge on any atom is -0.506 e. The maximum absolute atomic E-state index is 13.0. The molecular formula is C26H23F3O8. The summed E-state index contributed by atoms with van der Waals surface area (Å²) in [5, 5.41) is 38.6. The number of hydrogen-bond donors (Lipinski definition) is 4. The fourth-order valence-electron chi connectivity index (χ4n) is 3.78. The number of phenols is 1. The van der Waals surface area contributed by atoms with Crippen LogP contribution in [-0.2, 0) is 27.7 Å². The zero-order chi connectivity index (χ0) is 27.4. The van der Waals surface area contributed by atoms with E-state index < -0.39 is 60.2 Å². The van der Waals surface area contributed by atoms with E-state index >= 15 is 0 Å². The molecule has 0 atom stereocenters.